The average molecular weight is 397 g/mol. The number of aryl methyl sites for hydroxylation is 1. The molecule has 1 aromatic heterocycles. The number of hydrogen-bond donors (Lipinski definition) is 0. The van der Waals surface area contributed by atoms with E-state index in [9.17, 15) is 19.2 Å². The molecule has 3 saturated heterocycles. The van der Waals surface area contributed by atoms with Crippen LogP contribution < -0.4 is 4.90 Å². The zero-order valence-corrected chi connectivity index (χ0v) is 16.0. The van der Waals surface area contributed by atoms with E-state index in [4.69, 9.17) is 5.26 Å². The van der Waals surface area contributed by atoms with Crippen LogP contribution in [0.5, 0.6) is 0 Å². The number of nitrogens with zero attached hydrogens (tertiary/aromatic N) is 5. The third kappa shape index (κ3) is 2.81. The van der Waals surface area contributed by atoms with Crippen LogP contribution in [-0.2, 0) is 19.1 Å². The molecule has 150 valence electrons. The van der Waals surface area contributed by atoms with Crippen molar-refractivity contribution in [3.8, 4) is 6.07 Å². The van der Waals surface area contributed by atoms with Gasteiger partial charge in [0.15, 0.2) is 0 Å². The minimum atomic E-state index is -0.737. The van der Waals surface area contributed by atoms with E-state index < -0.39 is 30.0 Å². The summed E-state index contributed by atoms with van der Waals surface area (Å²) in [6.45, 7) is 2.03. The fraction of sp³-hybridized carbons (Fsp3) is 0.474. The fourth-order valence-corrected chi connectivity index (χ4v) is 4.44. The maximum absolute atomic E-state index is 13.1. The quantitative estimate of drug-likeness (QED) is 0.530. The average Bonchev–Trinajstić information content (AvgIpc) is 3.37. The van der Waals surface area contributed by atoms with E-state index in [1.807, 2.05) is 6.07 Å². The van der Waals surface area contributed by atoms with E-state index in [-0.39, 0.29) is 30.5 Å². The second-order valence-electron chi connectivity index (χ2n) is 7.36. The number of nitriles is 1. The number of esters is 1. The number of aromatic nitrogens is 1. The summed E-state index contributed by atoms with van der Waals surface area (Å²) in [6, 6.07) is 1.74. The Morgan fingerprint density at radius 3 is 2.76 bits per heavy atom. The molecule has 4 amide bonds. The molecule has 29 heavy (non-hydrogen) atoms. The first-order valence-electron chi connectivity index (χ1n) is 9.26. The monoisotopic (exact) mass is 397 g/mol. The molecule has 0 spiro atoms. The number of carbonyl (C=O) groups excluding carboxylic acids is 4. The molecule has 3 atom stereocenters. The van der Waals surface area contributed by atoms with Gasteiger partial charge in [0.2, 0.25) is 5.91 Å². The molecule has 3 aliphatic heterocycles. The van der Waals surface area contributed by atoms with E-state index in [0.717, 1.165) is 4.90 Å². The highest BCUT2D eigenvalue weighted by Crippen LogP contribution is 2.42. The standard InChI is InChI=1S/C19H19N5O5/c1-10-5-11(8-21-13(10)7-20)24-18(27)17-14-6-12(23(17)19(24)28)9-22(14)15(25)3-4-16(26)29-2/h5,8,12,14,17H,3-4,6,9H2,1-2H3/t12-,14?,17?/m1/s1. The first kappa shape index (κ1) is 18.9. The van der Waals surface area contributed by atoms with E-state index in [0.29, 0.717) is 24.2 Å². The van der Waals surface area contributed by atoms with Crippen LogP contribution in [0.1, 0.15) is 30.5 Å². The van der Waals surface area contributed by atoms with Crippen molar-refractivity contribution in [1.29, 1.82) is 5.26 Å². The Morgan fingerprint density at radius 2 is 2.10 bits per heavy atom. The molecule has 4 rings (SSSR count). The van der Waals surface area contributed by atoms with Gasteiger partial charge in [-0.15, -0.1) is 0 Å². The van der Waals surface area contributed by atoms with Crippen LogP contribution >= 0.6 is 0 Å². The van der Waals surface area contributed by atoms with E-state index in [2.05, 4.69) is 9.72 Å². The predicted octanol–water partition coefficient (Wildman–Crippen LogP) is 0.335. The molecule has 10 heteroatoms. The number of imide groups is 1. The highest BCUT2D eigenvalue weighted by Gasteiger charge is 2.62. The lowest BCUT2D eigenvalue weighted by Crippen LogP contribution is -2.54. The van der Waals surface area contributed by atoms with E-state index >= 15 is 0 Å². The lowest BCUT2D eigenvalue weighted by Gasteiger charge is -2.34. The Kier molecular flexibility index (Phi) is 4.45. The van der Waals surface area contributed by atoms with Crippen molar-refractivity contribution < 1.29 is 23.9 Å². The molecule has 0 N–H and O–H groups in total. The topological polar surface area (TPSA) is 124 Å². The van der Waals surface area contributed by atoms with Gasteiger partial charge in [-0.3, -0.25) is 14.4 Å². The lowest BCUT2D eigenvalue weighted by molar-refractivity contribution is -0.144. The van der Waals surface area contributed by atoms with Crippen LogP contribution in [0.15, 0.2) is 12.3 Å². The van der Waals surface area contributed by atoms with Gasteiger partial charge in [0.25, 0.3) is 5.91 Å². The molecule has 10 nitrogen and oxygen atoms in total. The first-order chi connectivity index (χ1) is 13.9. The molecule has 3 fully saturated rings. The number of hydrogen-bond acceptors (Lipinski definition) is 7. The molecule has 0 saturated carbocycles. The largest absolute Gasteiger partial charge is 0.469 e. The third-order valence-corrected chi connectivity index (χ3v) is 5.78. The molecule has 2 unspecified atom stereocenters. The summed E-state index contributed by atoms with van der Waals surface area (Å²) >= 11 is 0. The van der Waals surface area contributed by atoms with Gasteiger partial charge < -0.3 is 14.5 Å². The second-order valence-corrected chi connectivity index (χ2v) is 7.36. The van der Waals surface area contributed by atoms with Crippen molar-refractivity contribution in [2.75, 3.05) is 18.6 Å². The summed E-state index contributed by atoms with van der Waals surface area (Å²) in [6.07, 6.45) is 1.87. The number of rotatable bonds is 4. The van der Waals surface area contributed by atoms with Crippen molar-refractivity contribution in [1.82, 2.24) is 14.8 Å². The number of likely N-dealkylation sites (tertiary alicyclic amines) is 1. The normalized spacial score (nSPS) is 24.7. The summed E-state index contributed by atoms with van der Waals surface area (Å²) in [7, 11) is 1.26. The maximum atomic E-state index is 13.1. The number of ether oxygens (including phenoxy) is 1. The number of pyridine rings is 1. The van der Waals surface area contributed by atoms with Crippen molar-refractivity contribution in [2.24, 2.45) is 0 Å². The van der Waals surface area contributed by atoms with Crippen molar-refractivity contribution in [3.63, 3.8) is 0 Å². The van der Waals surface area contributed by atoms with Gasteiger partial charge in [0.05, 0.1) is 37.5 Å². The molecule has 1 aromatic rings. The Balaban J connectivity index is 1.55. The molecule has 0 aliphatic carbocycles. The molecule has 4 heterocycles. The van der Waals surface area contributed by atoms with Crippen LogP contribution in [0.2, 0.25) is 0 Å². The van der Waals surface area contributed by atoms with Crippen LogP contribution in [0.4, 0.5) is 10.5 Å². The predicted molar refractivity (Wildman–Crippen MR) is 97.4 cm³/mol. The maximum Gasteiger partial charge on any atom is 0.332 e. The lowest BCUT2D eigenvalue weighted by atomic mass is 10.1. The molecular formula is C19H19N5O5. The number of anilines is 1. The van der Waals surface area contributed by atoms with Crippen LogP contribution in [0.25, 0.3) is 0 Å². The highest BCUT2D eigenvalue weighted by molar-refractivity contribution is 6.22. The molecule has 0 aromatic carbocycles. The Hall–Kier alpha value is -3.48. The van der Waals surface area contributed by atoms with Gasteiger partial charge >= 0.3 is 12.0 Å². The summed E-state index contributed by atoms with van der Waals surface area (Å²) < 4.78 is 4.57. The summed E-state index contributed by atoms with van der Waals surface area (Å²) in [5.74, 6) is -1.10. The third-order valence-electron chi connectivity index (χ3n) is 5.78. The Bertz CT molecular complexity index is 970. The number of urea groups is 1. The zero-order valence-electron chi connectivity index (χ0n) is 16.0. The van der Waals surface area contributed by atoms with Gasteiger partial charge in [-0.05, 0) is 25.0 Å². The number of amides is 4. The van der Waals surface area contributed by atoms with Gasteiger partial charge in [0, 0.05) is 13.0 Å². The fourth-order valence-electron chi connectivity index (χ4n) is 4.44. The number of piperazine rings is 1. The number of carbonyl (C=O) groups is 4. The van der Waals surface area contributed by atoms with Gasteiger partial charge in [0.1, 0.15) is 17.8 Å². The summed E-state index contributed by atoms with van der Waals surface area (Å²) in [5, 5.41) is 9.03. The molecule has 3 aliphatic rings. The van der Waals surface area contributed by atoms with Crippen molar-refractivity contribution >= 4 is 29.5 Å². The SMILES string of the molecule is COC(=O)CCC(=O)N1C[C@H]2CC1C1C(=O)N(c3cnc(C#N)c(C)c3)C(=O)N12. The summed E-state index contributed by atoms with van der Waals surface area (Å²) in [5.41, 5.74) is 1.12. The molecule has 0 radical (unpaired) electrons. The van der Waals surface area contributed by atoms with E-state index in [1.165, 1.54) is 13.3 Å². The Morgan fingerprint density at radius 1 is 1.34 bits per heavy atom. The van der Waals surface area contributed by atoms with Crippen molar-refractivity contribution in [2.45, 2.75) is 44.3 Å². The number of fused-ring (bicyclic) bond motifs is 5. The van der Waals surface area contributed by atoms with Gasteiger partial charge in [-0.2, -0.15) is 5.26 Å². The van der Waals surface area contributed by atoms with Crippen LogP contribution in [0, 0.1) is 18.3 Å². The minimum absolute atomic E-state index is 0.00714. The molecule has 2 bridgehead atoms. The number of methoxy groups -OCH3 is 1. The van der Waals surface area contributed by atoms with Gasteiger partial charge in [-0.25, -0.2) is 14.7 Å². The Labute approximate surface area is 166 Å². The van der Waals surface area contributed by atoms with Crippen LogP contribution in [-0.4, -0.2) is 70.4 Å². The van der Waals surface area contributed by atoms with Gasteiger partial charge in [-0.1, -0.05) is 0 Å². The van der Waals surface area contributed by atoms with Crippen LogP contribution in [0.3, 0.4) is 0 Å². The zero-order chi connectivity index (χ0) is 20.9. The van der Waals surface area contributed by atoms with Crippen molar-refractivity contribution in [3.05, 3.63) is 23.5 Å². The first-order valence-corrected chi connectivity index (χ1v) is 9.26. The second kappa shape index (κ2) is 6.84. The highest BCUT2D eigenvalue weighted by atomic mass is 16.5. The smallest absolute Gasteiger partial charge is 0.332 e. The minimum Gasteiger partial charge on any atom is -0.469 e. The summed E-state index contributed by atoms with van der Waals surface area (Å²) in [4.78, 5) is 58.1. The molecular weight excluding hydrogens is 378 g/mol. The van der Waals surface area contributed by atoms with E-state index in [1.54, 1.807) is 22.8 Å².